The van der Waals surface area contributed by atoms with Crippen molar-refractivity contribution in [2.75, 3.05) is 19.5 Å². The van der Waals surface area contributed by atoms with E-state index in [1.54, 1.807) is 0 Å². The number of nitrogens with one attached hydrogen (secondary N) is 1. The van der Waals surface area contributed by atoms with Crippen LogP contribution < -0.4 is 5.32 Å². The summed E-state index contributed by atoms with van der Waals surface area (Å²) in [5, 5.41) is 3.58. The van der Waals surface area contributed by atoms with Gasteiger partial charge >= 0.3 is 5.97 Å². The zero-order valence-electron chi connectivity index (χ0n) is 16.5. The molecule has 1 aliphatic heterocycles. The molecule has 2 atom stereocenters. The summed E-state index contributed by atoms with van der Waals surface area (Å²) in [5.41, 5.74) is 0. The van der Waals surface area contributed by atoms with Gasteiger partial charge in [-0.2, -0.15) is 0 Å². The van der Waals surface area contributed by atoms with E-state index in [4.69, 9.17) is 9.16 Å². The molecule has 1 N–H and O–H groups in total. The molecule has 2 unspecified atom stereocenters. The van der Waals surface area contributed by atoms with Gasteiger partial charge in [-0.25, -0.2) is 8.42 Å². The van der Waals surface area contributed by atoms with E-state index in [-0.39, 0.29) is 28.8 Å². The first-order valence-electron chi connectivity index (χ1n) is 8.63. The minimum atomic E-state index is -3.19. The fraction of sp³-hybridized carbons (Fsp3) is 0.938. The van der Waals surface area contributed by atoms with Gasteiger partial charge in [0.25, 0.3) is 0 Å². The molecule has 0 radical (unpaired) electrons. The first-order chi connectivity index (χ1) is 11.2. The van der Waals surface area contributed by atoms with E-state index in [9.17, 15) is 13.2 Å². The van der Waals surface area contributed by atoms with E-state index in [1.807, 2.05) is 0 Å². The number of esters is 1. The van der Waals surface area contributed by atoms with Crippen LogP contribution in [0.3, 0.4) is 0 Å². The molecule has 0 amide bonds. The molecule has 1 heterocycles. The molecule has 1 fully saturated rings. The van der Waals surface area contributed by atoms with Crippen molar-refractivity contribution < 1.29 is 22.4 Å². The molecule has 0 saturated carbocycles. The summed E-state index contributed by atoms with van der Waals surface area (Å²) in [4.78, 5) is 11.6. The molecule has 9 heteroatoms. The second-order valence-corrected chi connectivity index (χ2v) is 15.6. The van der Waals surface area contributed by atoms with Crippen molar-refractivity contribution in [1.29, 1.82) is 0 Å². The fourth-order valence-electron chi connectivity index (χ4n) is 2.00. The highest BCUT2D eigenvalue weighted by atomic mass is 35.7. The van der Waals surface area contributed by atoms with Crippen molar-refractivity contribution >= 4 is 34.0 Å². The van der Waals surface area contributed by atoms with Crippen LogP contribution in [0, 0.1) is 0 Å². The normalized spacial score (nSPS) is 21.9. The van der Waals surface area contributed by atoms with E-state index in [1.165, 1.54) is 14.0 Å². The van der Waals surface area contributed by atoms with Crippen LogP contribution in [0.5, 0.6) is 0 Å². The van der Waals surface area contributed by atoms with Crippen LogP contribution in [0.15, 0.2) is 0 Å². The molecule has 0 aliphatic carbocycles. The monoisotopic (exact) mass is 415 g/mol. The number of piperidine rings is 1. The summed E-state index contributed by atoms with van der Waals surface area (Å²) >= 11 is 0. The molecule has 25 heavy (non-hydrogen) atoms. The summed E-state index contributed by atoms with van der Waals surface area (Å²) in [6, 6.07) is 0.110. The Bertz CT molecular complexity index is 519. The average molecular weight is 416 g/mol. The zero-order chi connectivity index (χ0) is 19.9. The molecule has 0 aromatic carbocycles. The van der Waals surface area contributed by atoms with Crippen LogP contribution in [-0.4, -0.2) is 54.3 Å². The SMILES string of the molecule is CCS(=O)(=O)Cl.COC(=O)C1CCCC(CO[Si](C)(C)C(C)(C)C)N1. The molecule has 1 rings (SSSR count). The Labute approximate surface area is 158 Å². The number of methoxy groups -OCH3 is 1. The highest BCUT2D eigenvalue weighted by Crippen LogP contribution is 2.36. The summed E-state index contributed by atoms with van der Waals surface area (Å²) in [5.74, 6) is -0.147. The average Bonchev–Trinajstić information content (AvgIpc) is 2.51. The maximum atomic E-state index is 11.6. The number of rotatable bonds is 5. The van der Waals surface area contributed by atoms with Crippen molar-refractivity contribution in [3.63, 3.8) is 0 Å². The van der Waals surface area contributed by atoms with Crippen LogP contribution in [0.25, 0.3) is 0 Å². The Hall–Kier alpha value is -0.153. The third-order valence-electron chi connectivity index (χ3n) is 4.76. The van der Waals surface area contributed by atoms with Gasteiger partial charge in [0.1, 0.15) is 6.04 Å². The number of hydrogen-bond donors (Lipinski definition) is 1. The van der Waals surface area contributed by atoms with Crippen LogP contribution in [-0.2, 0) is 23.0 Å². The third kappa shape index (κ3) is 9.94. The van der Waals surface area contributed by atoms with Crippen LogP contribution in [0.1, 0.15) is 47.0 Å². The van der Waals surface area contributed by atoms with E-state index < -0.39 is 17.4 Å². The number of carbonyl (C=O) groups excluding carboxylic acids is 1. The lowest BCUT2D eigenvalue weighted by Gasteiger charge is -2.38. The molecular formula is C16H34ClNO5SSi. The van der Waals surface area contributed by atoms with Crippen molar-refractivity contribution in [2.24, 2.45) is 0 Å². The zero-order valence-corrected chi connectivity index (χ0v) is 19.1. The Kier molecular flexibility index (Phi) is 10.2. The van der Waals surface area contributed by atoms with Gasteiger partial charge in [-0.15, -0.1) is 0 Å². The van der Waals surface area contributed by atoms with E-state index >= 15 is 0 Å². The van der Waals surface area contributed by atoms with Gasteiger partial charge in [0.05, 0.1) is 12.9 Å². The molecule has 0 aromatic heterocycles. The van der Waals surface area contributed by atoms with Gasteiger partial charge in [0.2, 0.25) is 9.05 Å². The Morgan fingerprint density at radius 1 is 1.28 bits per heavy atom. The Morgan fingerprint density at radius 3 is 2.20 bits per heavy atom. The summed E-state index contributed by atoms with van der Waals surface area (Å²) in [6.45, 7) is 13.4. The highest BCUT2D eigenvalue weighted by molar-refractivity contribution is 8.13. The molecule has 0 aromatic rings. The predicted molar refractivity (Wildman–Crippen MR) is 105 cm³/mol. The topological polar surface area (TPSA) is 81.7 Å². The van der Waals surface area contributed by atoms with Crippen molar-refractivity contribution in [3.05, 3.63) is 0 Å². The smallest absolute Gasteiger partial charge is 0.322 e. The molecule has 1 saturated heterocycles. The minimum Gasteiger partial charge on any atom is -0.468 e. The second kappa shape index (κ2) is 10.3. The van der Waals surface area contributed by atoms with Gasteiger partial charge < -0.3 is 9.16 Å². The molecular weight excluding hydrogens is 382 g/mol. The van der Waals surface area contributed by atoms with Crippen LogP contribution >= 0.6 is 10.7 Å². The molecule has 0 bridgehead atoms. The van der Waals surface area contributed by atoms with Gasteiger partial charge in [0.15, 0.2) is 8.32 Å². The molecule has 0 spiro atoms. The van der Waals surface area contributed by atoms with E-state index in [0.717, 1.165) is 19.3 Å². The quantitative estimate of drug-likeness (QED) is 0.421. The summed E-state index contributed by atoms with van der Waals surface area (Å²) in [7, 11) is 1.24. The number of hydrogen-bond acceptors (Lipinski definition) is 6. The fourth-order valence-corrected chi connectivity index (χ4v) is 3.06. The summed E-state index contributed by atoms with van der Waals surface area (Å²) in [6.07, 6.45) is 2.99. The van der Waals surface area contributed by atoms with Gasteiger partial charge in [-0.3, -0.25) is 10.1 Å². The van der Waals surface area contributed by atoms with E-state index in [2.05, 4.69) is 49.9 Å². The number of carbonyl (C=O) groups is 1. The third-order valence-corrected chi connectivity index (χ3v) is 10.6. The first-order valence-corrected chi connectivity index (χ1v) is 14.0. The molecule has 150 valence electrons. The maximum absolute atomic E-state index is 11.6. The van der Waals surface area contributed by atoms with Crippen molar-refractivity contribution in [3.8, 4) is 0 Å². The minimum absolute atomic E-state index is 0.00849. The van der Waals surface area contributed by atoms with Crippen molar-refractivity contribution in [2.45, 2.75) is 77.2 Å². The van der Waals surface area contributed by atoms with Crippen LogP contribution in [0.2, 0.25) is 18.1 Å². The standard InChI is InChI=1S/C14H29NO3Si.C2H5ClO2S/c1-14(2,3)19(5,6)18-10-11-8-7-9-12(15-11)13(16)17-4;1-2-6(3,4)5/h11-12,15H,7-10H2,1-6H3;2H2,1H3. The maximum Gasteiger partial charge on any atom is 0.322 e. The molecule has 6 nitrogen and oxygen atoms in total. The Morgan fingerprint density at radius 2 is 1.80 bits per heavy atom. The lowest BCUT2D eigenvalue weighted by atomic mass is 9.99. The highest BCUT2D eigenvalue weighted by Gasteiger charge is 2.38. The van der Waals surface area contributed by atoms with Gasteiger partial charge in [-0.05, 0) is 37.4 Å². The number of ether oxygens (including phenoxy) is 1. The molecule has 1 aliphatic rings. The van der Waals surface area contributed by atoms with Crippen LogP contribution in [0.4, 0.5) is 0 Å². The first kappa shape index (κ1) is 24.8. The van der Waals surface area contributed by atoms with Gasteiger partial charge in [0, 0.05) is 23.3 Å². The Balaban J connectivity index is 0.000000823. The summed E-state index contributed by atoms with van der Waals surface area (Å²) < 4.78 is 30.6. The largest absolute Gasteiger partial charge is 0.468 e. The van der Waals surface area contributed by atoms with Gasteiger partial charge in [-0.1, -0.05) is 27.7 Å². The predicted octanol–water partition coefficient (Wildman–Crippen LogP) is 3.27. The van der Waals surface area contributed by atoms with Crippen molar-refractivity contribution in [1.82, 2.24) is 5.32 Å². The second-order valence-electron chi connectivity index (χ2n) is 7.77. The lowest BCUT2D eigenvalue weighted by molar-refractivity contribution is -0.144. The lowest BCUT2D eigenvalue weighted by Crippen LogP contribution is -2.51. The number of halogens is 1. The van der Waals surface area contributed by atoms with E-state index in [0.29, 0.717) is 6.61 Å².